The first-order valence-electron chi connectivity index (χ1n) is 8.31. The zero-order valence-electron chi connectivity index (χ0n) is 14.1. The number of hydrogen-bond acceptors (Lipinski definition) is 4. The van der Waals surface area contributed by atoms with Crippen LogP contribution >= 0.6 is 0 Å². The predicted molar refractivity (Wildman–Crippen MR) is 89.4 cm³/mol. The van der Waals surface area contributed by atoms with Crippen molar-refractivity contribution in [2.24, 2.45) is 0 Å². The summed E-state index contributed by atoms with van der Waals surface area (Å²) in [6.07, 6.45) is 1.03. The molecule has 136 valence electrons. The lowest BCUT2D eigenvalue weighted by Gasteiger charge is -2.33. The maximum Gasteiger partial charge on any atom is 0.280 e. The van der Waals surface area contributed by atoms with Gasteiger partial charge in [0.15, 0.2) is 0 Å². The van der Waals surface area contributed by atoms with Crippen LogP contribution in [0.5, 0.6) is 0 Å². The normalized spacial score (nSPS) is 18.9. The molecular formula is C16H25F2N3O2S. The summed E-state index contributed by atoms with van der Waals surface area (Å²) >= 11 is 0. The van der Waals surface area contributed by atoms with Crippen molar-refractivity contribution >= 4 is 10.0 Å². The molecule has 24 heavy (non-hydrogen) atoms. The molecule has 0 radical (unpaired) electrons. The van der Waals surface area contributed by atoms with Gasteiger partial charge in [0.05, 0.1) is 5.75 Å². The van der Waals surface area contributed by atoms with Crippen molar-refractivity contribution in [3.05, 3.63) is 29.6 Å². The van der Waals surface area contributed by atoms with Gasteiger partial charge in [-0.25, -0.2) is 21.5 Å². The van der Waals surface area contributed by atoms with Gasteiger partial charge in [0, 0.05) is 31.4 Å². The monoisotopic (exact) mass is 361 g/mol. The molecule has 1 aromatic rings. The van der Waals surface area contributed by atoms with Gasteiger partial charge in [0.25, 0.3) is 6.43 Å². The number of halogens is 2. The highest BCUT2D eigenvalue weighted by Gasteiger charge is 2.27. The number of pyridine rings is 1. The maximum absolute atomic E-state index is 12.5. The number of hydrogen-bond donors (Lipinski definition) is 1. The Labute approximate surface area is 142 Å². The topological polar surface area (TPSA) is 62.3 Å². The standard InChI is InChI=1S/C16H25F2N3O2S/c1-3-10-24(22,23)21-8-6-14(7-9-21)20-12(2)13-4-5-15(16(17)18)19-11-13/h4-5,11-12,14,16,20H,3,6-10H2,1-2H3. The molecule has 1 fully saturated rings. The number of sulfonamides is 1. The van der Waals surface area contributed by atoms with Gasteiger partial charge in [-0.05, 0) is 37.8 Å². The Morgan fingerprint density at radius 1 is 1.33 bits per heavy atom. The van der Waals surface area contributed by atoms with E-state index in [9.17, 15) is 17.2 Å². The highest BCUT2D eigenvalue weighted by Crippen LogP contribution is 2.21. The first kappa shape index (κ1) is 19.2. The number of nitrogens with zero attached hydrogens (tertiary/aromatic N) is 2. The molecule has 0 amide bonds. The molecule has 1 aromatic heterocycles. The van der Waals surface area contributed by atoms with Gasteiger partial charge in [-0.1, -0.05) is 13.0 Å². The van der Waals surface area contributed by atoms with Crippen LogP contribution in [-0.4, -0.2) is 42.6 Å². The Bertz CT molecular complexity index is 615. The van der Waals surface area contributed by atoms with Crippen molar-refractivity contribution in [1.82, 2.24) is 14.6 Å². The van der Waals surface area contributed by atoms with Gasteiger partial charge in [0.2, 0.25) is 10.0 Å². The first-order chi connectivity index (χ1) is 11.3. The minimum absolute atomic E-state index is 0.0204. The Balaban J connectivity index is 1.87. The molecule has 5 nitrogen and oxygen atoms in total. The summed E-state index contributed by atoms with van der Waals surface area (Å²) in [5.74, 6) is 0.198. The van der Waals surface area contributed by atoms with Gasteiger partial charge in [-0.3, -0.25) is 4.98 Å². The summed E-state index contributed by atoms with van der Waals surface area (Å²) < 4.78 is 50.7. The van der Waals surface area contributed by atoms with Crippen LogP contribution in [0, 0.1) is 0 Å². The molecule has 1 atom stereocenters. The van der Waals surface area contributed by atoms with E-state index in [2.05, 4.69) is 10.3 Å². The smallest absolute Gasteiger partial charge is 0.280 e. The fourth-order valence-electron chi connectivity index (χ4n) is 2.94. The van der Waals surface area contributed by atoms with Crippen LogP contribution in [0.1, 0.15) is 56.8 Å². The molecule has 1 unspecified atom stereocenters. The number of piperidine rings is 1. The average molecular weight is 361 g/mol. The van der Waals surface area contributed by atoms with Crippen LogP contribution in [0.3, 0.4) is 0 Å². The van der Waals surface area contributed by atoms with E-state index in [1.54, 1.807) is 10.4 Å². The van der Waals surface area contributed by atoms with E-state index in [1.165, 1.54) is 12.3 Å². The van der Waals surface area contributed by atoms with Crippen LogP contribution < -0.4 is 5.32 Å². The summed E-state index contributed by atoms with van der Waals surface area (Å²) in [5.41, 5.74) is 0.626. The molecule has 2 rings (SSSR count). The van der Waals surface area contributed by atoms with Crippen molar-refractivity contribution in [3.8, 4) is 0 Å². The van der Waals surface area contributed by atoms with E-state index in [4.69, 9.17) is 0 Å². The second kappa shape index (κ2) is 8.31. The fourth-order valence-corrected chi connectivity index (χ4v) is 4.48. The van der Waals surface area contributed by atoms with Gasteiger partial charge >= 0.3 is 0 Å². The molecule has 1 saturated heterocycles. The zero-order valence-corrected chi connectivity index (χ0v) is 14.9. The van der Waals surface area contributed by atoms with E-state index in [0.29, 0.717) is 19.5 Å². The molecule has 0 saturated carbocycles. The number of alkyl halides is 2. The lowest BCUT2D eigenvalue weighted by atomic mass is 10.0. The van der Waals surface area contributed by atoms with Gasteiger partial charge < -0.3 is 5.32 Å². The molecule has 1 aliphatic rings. The third-order valence-corrected chi connectivity index (χ3v) is 6.40. The molecular weight excluding hydrogens is 336 g/mol. The summed E-state index contributed by atoms with van der Waals surface area (Å²) in [6.45, 7) is 4.87. The second-order valence-electron chi connectivity index (χ2n) is 6.19. The van der Waals surface area contributed by atoms with E-state index in [0.717, 1.165) is 18.4 Å². The quantitative estimate of drug-likeness (QED) is 0.811. The van der Waals surface area contributed by atoms with E-state index in [-0.39, 0.29) is 23.5 Å². The van der Waals surface area contributed by atoms with Gasteiger partial charge in [-0.15, -0.1) is 0 Å². The summed E-state index contributed by atoms with van der Waals surface area (Å²) in [6, 6.07) is 3.20. The zero-order chi connectivity index (χ0) is 17.7. The van der Waals surface area contributed by atoms with Crippen LogP contribution in [0.4, 0.5) is 8.78 Å². The van der Waals surface area contributed by atoms with Crippen LogP contribution in [0.15, 0.2) is 18.3 Å². The largest absolute Gasteiger partial charge is 0.307 e. The number of rotatable bonds is 7. The number of nitrogens with one attached hydrogen (secondary N) is 1. The SMILES string of the molecule is CCCS(=O)(=O)N1CCC(NC(C)c2ccc(C(F)F)nc2)CC1. The minimum Gasteiger partial charge on any atom is -0.307 e. The summed E-state index contributed by atoms with van der Waals surface area (Å²) in [7, 11) is -3.13. The van der Waals surface area contributed by atoms with Gasteiger partial charge in [0.1, 0.15) is 5.69 Å². The van der Waals surface area contributed by atoms with Crippen LogP contribution in [0.25, 0.3) is 0 Å². The first-order valence-corrected chi connectivity index (χ1v) is 9.92. The molecule has 1 aliphatic heterocycles. The predicted octanol–water partition coefficient (Wildman–Crippen LogP) is 2.87. The van der Waals surface area contributed by atoms with Crippen molar-refractivity contribution in [1.29, 1.82) is 0 Å². The minimum atomic E-state index is -3.13. The van der Waals surface area contributed by atoms with E-state index in [1.807, 2.05) is 13.8 Å². The molecule has 0 aliphatic carbocycles. The van der Waals surface area contributed by atoms with E-state index < -0.39 is 16.4 Å². The molecule has 2 heterocycles. The van der Waals surface area contributed by atoms with Crippen molar-refractivity contribution in [2.75, 3.05) is 18.8 Å². The van der Waals surface area contributed by atoms with Crippen molar-refractivity contribution in [3.63, 3.8) is 0 Å². The lowest BCUT2D eigenvalue weighted by Crippen LogP contribution is -2.46. The Morgan fingerprint density at radius 2 is 2.00 bits per heavy atom. The van der Waals surface area contributed by atoms with Crippen molar-refractivity contribution in [2.45, 2.75) is 51.6 Å². The van der Waals surface area contributed by atoms with Gasteiger partial charge in [-0.2, -0.15) is 0 Å². The van der Waals surface area contributed by atoms with Crippen LogP contribution in [0.2, 0.25) is 0 Å². The Morgan fingerprint density at radius 3 is 2.50 bits per heavy atom. The molecule has 0 bridgehead atoms. The second-order valence-corrected chi connectivity index (χ2v) is 8.28. The fraction of sp³-hybridized carbons (Fsp3) is 0.688. The molecule has 0 aromatic carbocycles. The number of aromatic nitrogens is 1. The van der Waals surface area contributed by atoms with Crippen LogP contribution in [-0.2, 0) is 10.0 Å². The lowest BCUT2D eigenvalue weighted by molar-refractivity contribution is 0.146. The summed E-state index contributed by atoms with van der Waals surface area (Å²) in [5, 5.41) is 3.44. The molecule has 8 heteroatoms. The van der Waals surface area contributed by atoms with E-state index >= 15 is 0 Å². The molecule has 0 spiro atoms. The third kappa shape index (κ3) is 4.94. The maximum atomic E-state index is 12.5. The summed E-state index contributed by atoms with van der Waals surface area (Å²) in [4.78, 5) is 3.78. The average Bonchev–Trinajstić information content (AvgIpc) is 2.55. The highest BCUT2D eigenvalue weighted by molar-refractivity contribution is 7.89. The highest BCUT2D eigenvalue weighted by atomic mass is 32.2. The third-order valence-electron chi connectivity index (χ3n) is 4.33. The van der Waals surface area contributed by atoms with Crippen molar-refractivity contribution < 1.29 is 17.2 Å². The Hall–Kier alpha value is -1.12. The Kier molecular flexibility index (Phi) is 6.65. The molecule has 1 N–H and O–H groups in total.